The zero-order valence-corrected chi connectivity index (χ0v) is 10.5. The van der Waals surface area contributed by atoms with Crippen LogP contribution in [0, 0.1) is 0 Å². The molecule has 0 atom stereocenters. The number of aliphatic hydroxyl groups excluding tert-OH is 1. The Kier molecular flexibility index (Phi) is 3.67. The lowest BCUT2D eigenvalue weighted by molar-refractivity contribution is 0.289. The SMILES string of the molecule is O=S(=O)(NCCCO)c1cccc2nsnc12. The summed E-state index contributed by atoms with van der Waals surface area (Å²) in [4.78, 5) is 0.127. The maximum atomic E-state index is 12.0. The van der Waals surface area contributed by atoms with Gasteiger partial charge in [0.05, 0.1) is 11.7 Å². The molecule has 1 aromatic carbocycles. The van der Waals surface area contributed by atoms with Crippen molar-refractivity contribution in [3.05, 3.63) is 18.2 Å². The van der Waals surface area contributed by atoms with Crippen molar-refractivity contribution in [1.82, 2.24) is 13.5 Å². The molecule has 0 bridgehead atoms. The molecule has 0 saturated heterocycles. The van der Waals surface area contributed by atoms with Gasteiger partial charge in [-0.1, -0.05) is 6.07 Å². The number of hydrogen-bond acceptors (Lipinski definition) is 6. The van der Waals surface area contributed by atoms with Gasteiger partial charge in [-0.05, 0) is 18.6 Å². The summed E-state index contributed by atoms with van der Waals surface area (Å²) in [5, 5.41) is 8.62. The summed E-state index contributed by atoms with van der Waals surface area (Å²) in [6, 6.07) is 4.83. The van der Waals surface area contributed by atoms with E-state index in [1.54, 1.807) is 12.1 Å². The van der Waals surface area contributed by atoms with Crippen LogP contribution >= 0.6 is 11.7 Å². The summed E-state index contributed by atoms with van der Waals surface area (Å²) < 4.78 is 34.3. The molecule has 8 heteroatoms. The Labute approximate surface area is 103 Å². The van der Waals surface area contributed by atoms with Crippen molar-refractivity contribution in [2.24, 2.45) is 0 Å². The van der Waals surface area contributed by atoms with Crippen LogP contribution in [0.1, 0.15) is 6.42 Å². The Morgan fingerprint density at radius 3 is 2.94 bits per heavy atom. The van der Waals surface area contributed by atoms with Crippen LogP contribution in [-0.2, 0) is 10.0 Å². The zero-order chi connectivity index (χ0) is 12.3. The third-order valence-corrected chi connectivity index (χ3v) is 4.20. The van der Waals surface area contributed by atoms with Crippen LogP contribution in [0.3, 0.4) is 0 Å². The van der Waals surface area contributed by atoms with Crippen LogP contribution in [-0.4, -0.2) is 35.4 Å². The van der Waals surface area contributed by atoms with E-state index in [4.69, 9.17) is 5.11 Å². The van der Waals surface area contributed by atoms with Gasteiger partial charge in [-0.2, -0.15) is 8.75 Å². The summed E-state index contributed by atoms with van der Waals surface area (Å²) in [6.45, 7) is 0.151. The quantitative estimate of drug-likeness (QED) is 0.767. The minimum absolute atomic E-state index is 0.0506. The van der Waals surface area contributed by atoms with E-state index in [-0.39, 0.29) is 18.0 Å². The Balaban J connectivity index is 2.35. The van der Waals surface area contributed by atoms with Gasteiger partial charge in [0.15, 0.2) is 0 Å². The van der Waals surface area contributed by atoms with Crippen LogP contribution in [0.4, 0.5) is 0 Å². The molecule has 2 rings (SSSR count). The molecular weight excluding hydrogens is 262 g/mol. The van der Waals surface area contributed by atoms with Gasteiger partial charge in [0.1, 0.15) is 15.9 Å². The molecule has 2 aromatic rings. The molecule has 0 saturated carbocycles. The lowest BCUT2D eigenvalue weighted by Gasteiger charge is -2.05. The Morgan fingerprint density at radius 2 is 2.18 bits per heavy atom. The fourth-order valence-electron chi connectivity index (χ4n) is 1.36. The molecule has 0 spiro atoms. The smallest absolute Gasteiger partial charge is 0.242 e. The molecule has 1 heterocycles. The highest BCUT2D eigenvalue weighted by Crippen LogP contribution is 2.20. The second kappa shape index (κ2) is 5.05. The van der Waals surface area contributed by atoms with Crippen LogP contribution in [0.2, 0.25) is 0 Å². The van der Waals surface area contributed by atoms with E-state index >= 15 is 0 Å². The molecule has 6 nitrogen and oxygen atoms in total. The predicted molar refractivity (Wildman–Crippen MR) is 64.3 cm³/mol. The molecule has 0 aliphatic rings. The number of fused-ring (bicyclic) bond motifs is 1. The van der Waals surface area contributed by atoms with Gasteiger partial charge in [-0.25, -0.2) is 13.1 Å². The molecule has 0 radical (unpaired) electrons. The van der Waals surface area contributed by atoms with E-state index in [0.29, 0.717) is 17.5 Å². The number of rotatable bonds is 5. The lowest BCUT2D eigenvalue weighted by Crippen LogP contribution is -2.25. The molecule has 0 fully saturated rings. The van der Waals surface area contributed by atoms with Crippen molar-refractivity contribution < 1.29 is 13.5 Å². The maximum absolute atomic E-state index is 12.0. The summed E-state index contributed by atoms with van der Waals surface area (Å²) in [6.07, 6.45) is 0.379. The first-order valence-corrected chi connectivity index (χ1v) is 7.18. The minimum Gasteiger partial charge on any atom is -0.396 e. The largest absolute Gasteiger partial charge is 0.396 e. The molecule has 92 valence electrons. The second-order valence-corrected chi connectivity index (χ2v) is 5.63. The molecular formula is C9H11N3O3S2. The number of hydrogen-bond donors (Lipinski definition) is 2. The van der Waals surface area contributed by atoms with Crippen LogP contribution in [0.25, 0.3) is 11.0 Å². The highest BCUT2D eigenvalue weighted by atomic mass is 32.2. The second-order valence-electron chi connectivity index (χ2n) is 3.36. The van der Waals surface area contributed by atoms with Crippen LogP contribution in [0.5, 0.6) is 0 Å². The predicted octanol–water partition coefficient (Wildman–Crippen LogP) is 0.352. The third-order valence-electron chi connectivity index (χ3n) is 2.17. The van der Waals surface area contributed by atoms with Gasteiger partial charge in [-0.15, -0.1) is 0 Å². The third kappa shape index (κ3) is 2.60. The average molecular weight is 273 g/mol. The van der Waals surface area contributed by atoms with E-state index in [9.17, 15) is 8.42 Å². The van der Waals surface area contributed by atoms with Crippen LogP contribution < -0.4 is 4.72 Å². The Morgan fingerprint density at radius 1 is 1.35 bits per heavy atom. The van der Waals surface area contributed by atoms with Crippen LogP contribution in [0.15, 0.2) is 23.1 Å². The highest BCUT2D eigenvalue weighted by Gasteiger charge is 2.18. The van der Waals surface area contributed by atoms with Gasteiger partial charge in [0.2, 0.25) is 10.0 Å². The summed E-state index contributed by atoms with van der Waals surface area (Å²) in [7, 11) is -3.59. The molecule has 0 aliphatic heterocycles. The number of aliphatic hydroxyl groups is 1. The molecule has 0 unspecified atom stereocenters. The van der Waals surface area contributed by atoms with Gasteiger partial charge in [-0.3, -0.25) is 0 Å². The van der Waals surface area contributed by atoms with E-state index in [1.807, 2.05) is 0 Å². The fraction of sp³-hybridized carbons (Fsp3) is 0.333. The van der Waals surface area contributed by atoms with Gasteiger partial charge in [0.25, 0.3) is 0 Å². The topological polar surface area (TPSA) is 92.2 Å². The standard InChI is InChI=1S/C9H11N3O3S2/c13-6-2-5-10-17(14,15)8-4-1-3-7-9(8)12-16-11-7/h1,3-4,10,13H,2,5-6H2. The first kappa shape index (κ1) is 12.4. The van der Waals surface area contributed by atoms with E-state index in [1.165, 1.54) is 6.07 Å². The summed E-state index contributed by atoms with van der Waals surface area (Å²) in [5.41, 5.74) is 0.953. The van der Waals surface area contributed by atoms with E-state index in [0.717, 1.165) is 11.7 Å². The number of aromatic nitrogens is 2. The number of nitrogens with zero attached hydrogens (tertiary/aromatic N) is 2. The zero-order valence-electron chi connectivity index (χ0n) is 8.83. The molecule has 0 aliphatic carbocycles. The average Bonchev–Trinajstić information content (AvgIpc) is 2.76. The lowest BCUT2D eigenvalue weighted by atomic mass is 10.3. The molecule has 2 N–H and O–H groups in total. The van der Waals surface area contributed by atoms with Crippen molar-refractivity contribution in [1.29, 1.82) is 0 Å². The molecule has 17 heavy (non-hydrogen) atoms. The van der Waals surface area contributed by atoms with Crippen molar-refractivity contribution in [3.63, 3.8) is 0 Å². The fourth-order valence-corrected chi connectivity index (χ4v) is 3.20. The Hall–Kier alpha value is -1.09. The normalized spacial score (nSPS) is 12.1. The van der Waals surface area contributed by atoms with Crippen molar-refractivity contribution in [2.75, 3.05) is 13.2 Å². The van der Waals surface area contributed by atoms with E-state index in [2.05, 4.69) is 13.5 Å². The number of nitrogens with one attached hydrogen (secondary N) is 1. The molecule has 0 amide bonds. The van der Waals surface area contributed by atoms with Crippen molar-refractivity contribution in [2.45, 2.75) is 11.3 Å². The van der Waals surface area contributed by atoms with E-state index < -0.39 is 10.0 Å². The van der Waals surface area contributed by atoms with Crippen molar-refractivity contribution in [3.8, 4) is 0 Å². The summed E-state index contributed by atoms with van der Waals surface area (Å²) >= 11 is 0.979. The number of benzene rings is 1. The monoisotopic (exact) mass is 273 g/mol. The number of sulfonamides is 1. The Bertz CT molecular complexity index is 609. The minimum atomic E-state index is -3.59. The first-order valence-electron chi connectivity index (χ1n) is 4.97. The van der Waals surface area contributed by atoms with Gasteiger partial charge < -0.3 is 5.11 Å². The first-order chi connectivity index (χ1) is 8.15. The maximum Gasteiger partial charge on any atom is 0.242 e. The van der Waals surface area contributed by atoms with Crippen molar-refractivity contribution >= 4 is 32.8 Å². The molecule has 1 aromatic heterocycles. The summed E-state index contributed by atoms with van der Waals surface area (Å²) in [5.74, 6) is 0. The van der Waals surface area contributed by atoms with Gasteiger partial charge in [0, 0.05) is 13.2 Å². The highest BCUT2D eigenvalue weighted by molar-refractivity contribution is 7.89. The van der Waals surface area contributed by atoms with Gasteiger partial charge >= 0.3 is 0 Å².